The van der Waals surface area contributed by atoms with Crippen LogP contribution in [0.2, 0.25) is 0 Å². The molecule has 4 nitrogen and oxygen atoms in total. The Morgan fingerprint density at radius 3 is 2.62 bits per heavy atom. The van der Waals surface area contributed by atoms with Crippen molar-refractivity contribution < 1.29 is 9.47 Å². The van der Waals surface area contributed by atoms with Crippen LogP contribution >= 0.6 is 0 Å². The van der Waals surface area contributed by atoms with Gasteiger partial charge in [-0.1, -0.05) is 20.3 Å². The predicted octanol–water partition coefficient (Wildman–Crippen LogP) is 4.02. The molecule has 1 saturated carbocycles. The first kappa shape index (κ1) is 13.0. The first-order valence-electron chi connectivity index (χ1n) is 7.93. The molecule has 0 spiro atoms. The number of aromatic nitrogens is 2. The summed E-state index contributed by atoms with van der Waals surface area (Å²) in [6, 6.07) is 4.05. The van der Waals surface area contributed by atoms with Crippen LogP contribution in [0.1, 0.15) is 51.3 Å². The summed E-state index contributed by atoms with van der Waals surface area (Å²) in [6.07, 6.45) is 4.71. The highest BCUT2D eigenvalue weighted by molar-refractivity contribution is 5.80. The number of hydrogen-bond donors (Lipinski definition) is 1. The van der Waals surface area contributed by atoms with Crippen LogP contribution in [-0.4, -0.2) is 23.2 Å². The number of rotatable bonds is 1. The Hall–Kier alpha value is -1.71. The number of H-pyrrole nitrogens is 1. The molecule has 4 heteroatoms. The maximum atomic E-state index is 5.76. The van der Waals surface area contributed by atoms with E-state index in [4.69, 9.17) is 14.5 Å². The molecule has 0 radical (unpaired) electrons. The Morgan fingerprint density at radius 2 is 1.90 bits per heavy atom. The third-order valence-electron chi connectivity index (χ3n) is 4.96. The zero-order chi connectivity index (χ0) is 14.4. The molecule has 1 aliphatic carbocycles. The van der Waals surface area contributed by atoms with Gasteiger partial charge in [-0.05, 0) is 18.3 Å². The zero-order valence-corrected chi connectivity index (χ0v) is 12.7. The number of fused-ring (bicyclic) bond motifs is 2. The second kappa shape index (κ2) is 4.65. The lowest BCUT2D eigenvalue weighted by Crippen LogP contribution is -2.16. The second-order valence-electron chi connectivity index (χ2n) is 6.92. The lowest BCUT2D eigenvalue weighted by molar-refractivity contribution is 0.297. The quantitative estimate of drug-likeness (QED) is 0.861. The number of benzene rings is 1. The van der Waals surface area contributed by atoms with Gasteiger partial charge in [0.1, 0.15) is 5.82 Å². The molecule has 4 rings (SSSR count). The average molecular weight is 286 g/mol. The maximum absolute atomic E-state index is 5.76. The first-order valence-corrected chi connectivity index (χ1v) is 7.93. The molecule has 1 aromatic heterocycles. The summed E-state index contributed by atoms with van der Waals surface area (Å²) in [4.78, 5) is 8.35. The molecule has 0 bridgehead atoms. The Kier molecular flexibility index (Phi) is 2.88. The first-order chi connectivity index (χ1) is 10.1. The van der Waals surface area contributed by atoms with Gasteiger partial charge < -0.3 is 14.5 Å². The van der Waals surface area contributed by atoms with Crippen LogP contribution in [0.25, 0.3) is 11.0 Å². The smallest absolute Gasteiger partial charge is 0.163 e. The van der Waals surface area contributed by atoms with Crippen LogP contribution in [0.5, 0.6) is 11.5 Å². The van der Waals surface area contributed by atoms with Crippen LogP contribution < -0.4 is 9.47 Å². The fourth-order valence-electron chi connectivity index (χ4n) is 3.68. The van der Waals surface area contributed by atoms with Crippen molar-refractivity contribution in [2.75, 3.05) is 13.2 Å². The van der Waals surface area contributed by atoms with Crippen molar-refractivity contribution in [3.05, 3.63) is 18.0 Å². The Bertz CT molecular complexity index is 632. The summed E-state index contributed by atoms with van der Waals surface area (Å²) in [6.45, 7) is 6.12. The summed E-state index contributed by atoms with van der Waals surface area (Å²) in [7, 11) is 0. The van der Waals surface area contributed by atoms with Crippen LogP contribution in [0.15, 0.2) is 12.1 Å². The van der Waals surface area contributed by atoms with Gasteiger partial charge in [-0.2, -0.15) is 0 Å². The van der Waals surface area contributed by atoms with E-state index in [1.165, 1.54) is 19.3 Å². The molecule has 2 aliphatic rings. The average Bonchev–Trinajstić information content (AvgIpc) is 2.91. The standard InChI is InChI=1S/C17H22N2O2/c1-17(2)6-3-5-11(17)16-18-12-9-14-15(10-13(12)19-16)21-8-4-7-20-14/h9-11H,3-8H2,1-2H3,(H,18,19). The highest BCUT2D eigenvalue weighted by Gasteiger charge is 2.37. The molecule has 1 unspecified atom stereocenters. The zero-order valence-electron chi connectivity index (χ0n) is 12.7. The molecule has 2 heterocycles. The van der Waals surface area contributed by atoms with E-state index in [-0.39, 0.29) is 0 Å². The molecule has 21 heavy (non-hydrogen) atoms. The van der Waals surface area contributed by atoms with E-state index in [2.05, 4.69) is 18.8 Å². The predicted molar refractivity (Wildman–Crippen MR) is 82.1 cm³/mol. The van der Waals surface area contributed by atoms with Crippen molar-refractivity contribution in [3.63, 3.8) is 0 Å². The SMILES string of the molecule is CC1(C)CCCC1c1nc2cc3c(cc2[nH]1)OCCCO3. The van der Waals surface area contributed by atoms with Gasteiger partial charge in [-0.3, -0.25) is 0 Å². The molecule has 1 aromatic carbocycles. The summed E-state index contributed by atoms with van der Waals surface area (Å²) < 4.78 is 11.5. The van der Waals surface area contributed by atoms with Gasteiger partial charge in [0.25, 0.3) is 0 Å². The molecule has 112 valence electrons. The lowest BCUT2D eigenvalue weighted by Gasteiger charge is -2.24. The Morgan fingerprint density at radius 1 is 1.14 bits per heavy atom. The van der Waals surface area contributed by atoms with Gasteiger partial charge in [0.2, 0.25) is 0 Å². The molecule has 2 aromatic rings. The minimum Gasteiger partial charge on any atom is -0.489 e. The van der Waals surface area contributed by atoms with Crippen molar-refractivity contribution in [1.82, 2.24) is 9.97 Å². The van der Waals surface area contributed by atoms with Gasteiger partial charge in [-0.15, -0.1) is 0 Å². The molecule has 1 fully saturated rings. The normalized spacial score (nSPS) is 24.2. The minimum absolute atomic E-state index is 0.331. The van der Waals surface area contributed by atoms with E-state index in [0.29, 0.717) is 17.9 Å². The highest BCUT2D eigenvalue weighted by Crippen LogP contribution is 2.48. The third-order valence-corrected chi connectivity index (χ3v) is 4.96. The molecule has 1 atom stereocenters. The van der Waals surface area contributed by atoms with Gasteiger partial charge in [0.15, 0.2) is 11.5 Å². The number of ether oxygens (including phenoxy) is 2. The fraction of sp³-hybridized carbons (Fsp3) is 0.588. The van der Waals surface area contributed by atoms with Crippen LogP contribution in [0, 0.1) is 5.41 Å². The molecule has 1 aliphatic heterocycles. The van der Waals surface area contributed by atoms with Gasteiger partial charge in [0.05, 0.1) is 24.2 Å². The fourth-order valence-corrected chi connectivity index (χ4v) is 3.68. The lowest BCUT2D eigenvalue weighted by atomic mass is 9.81. The summed E-state index contributed by atoms with van der Waals surface area (Å²) in [5.74, 6) is 3.30. The third kappa shape index (κ3) is 2.17. The maximum Gasteiger partial charge on any atom is 0.163 e. The summed E-state index contributed by atoms with van der Waals surface area (Å²) in [5.41, 5.74) is 2.37. The molecule has 0 amide bonds. The van der Waals surface area contributed by atoms with E-state index in [1.54, 1.807) is 0 Å². The summed E-state index contributed by atoms with van der Waals surface area (Å²) in [5, 5.41) is 0. The van der Waals surface area contributed by atoms with E-state index < -0.39 is 0 Å². The van der Waals surface area contributed by atoms with Crippen molar-refractivity contribution in [2.45, 2.75) is 45.4 Å². The van der Waals surface area contributed by atoms with Crippen molar-refractivity contribution in [1.29, 1.82) is 0 Å². The topological polar surface area (TPSA) is 47.1 Å². The van der Waals surface area contributed by atoms with Crippen molar-refractivity contribution in [2.24, 2.45) is 5.41 Å². The van der Waals surface area contributed by atoms with E-state index >= 15 is 0 Å². The number of aromatic amines is 1. The molecule has 0 saturated heterocycles. The van der Waals surface area contributed by atoms with Gasteiger partial charge in [0, 0.05) is 24.5 Å². The molecular formula is C17H22N2O2. The largest absolute Gasteiger partial charge is 0.489 e. The number of hydrogen-bond acceptors (Lipinski definition) is 3. The van der Waals surface area contributed by atoms with E-state index in [0.717, 1.165) is 41.4 Å². The van der Waals surface area contributed by atoms with Crippen molar-refractivity contribution in [3.8, 4) is 11.5 Å². The van der Waals surface area contributed by atoms with E-state index in [9.17, 15) is 0 Å². The number of nitrogens with one attached hydrogen (secondary N) is 1. The summed E-state index contributed by atoms with van der Waals surface area (Å²) >= 11 is 0. The monoisotopic (exact) mass is 286 g/mol. The van der Waals surface area contributed by atoms with Crippen LogP contribution in [0.3, 0.4) is 0 Å². The number of imidazole rings is 1. The Balaban J connectivity index is 1.76. The van der Waals surface area contributed by atoms with Gasteiger partial charge in [-0.25, -0.2) is 4.98 Å². The minimum atomic E-state index is 0.331. The molecular weight excluding hydrogens is 264 g/mol. The number of nitrogens with zero attached hydrogens (tertiary/aromatic N) is 1. The van der Waals surface area contributed by atoms with Crippen LogP contribution in [-0.2, 0) is 0 Å². The second-order valence-corrected chi connectivity index (χ2v) is 6.92. The van der Waals surface area contributed by atoms with Crippen molar-refractivity contribution >= 4 is 11.0 Å². The Labute approximate surface area is 124 Å². The molecule has 1 N–H and O–H groups in total. The van der Waals surface area contributed by atoms with Crippen LogP contribution in [0.4, 0.5) is 0 Å². The van der Waals surface area contributed by atoms with E-state index in [1.807, 2.05) is 12.1 Å². The van der Waals surface area contributed by atoms with Gasteiger partial charge >= 0.3 is 0 Å². The highest BCUT2D eigenvalue weighted by atomic mass is 16.5.